The monoisotopic (exact) mass is 467 g/mol. The number of nitrogens with one attached hydrogen (secondary N) is 3. The van der Waals surface area contributed by atoms with Crippen LogP contribution in [0, 0.1) is 5.92 Å². The van der Waals surface area contributed by atoms with E-state index in [4.69, 9.17) is 0 Å². The van der Waals surface area contributed by atoms with Gasteiger partial charge in [0.05, 0.1) is 17.7 Å². The Morgan fingerprint density at radius 2 is 1.47 bits per heavy atom. The van der Waals surface area contributed by atoms with Crippen LogP contribution in [0.4, 0.5) is 26.3 Å². The number of carbonyl (C=O) groups is 2. The van der Waals surface area contributed by atoms with Crippen molar-refractivity contribution in [3.05, 3.63) is 34.9 Å². The van der Waals surface area contributed by atoms with Gasteiger partial charge in [0.2, 0.25) is 5.91 Å². The van der Waals surface area contributed by atoms with Crippen LogP contribution in [0.5, 0.6) is 0 Å². The topological polar surface area (TPSA) is 70.2 Å². The summed E-state index contributed by atoms with van der Waals surface area (Å²) in [5, 5.41) is 8.38. The van der Waals surface area contributed by atoms with E-state index in [2.05, 4.69) is 16.0 Å². The highest BCUT2D eigenvalue weighted by Crippen LogP contribution is 2.36. The number of amides is 2. The van der Waals surface area contributed by atoms with Gasteiger partial charge in [0.25, 0.3) is 5.91 Å². The molecule has 1 aromatic carbocycles. The highest BCUT2D eigenvalue weighted by Gasteiger charge is 2.37. The summed E-state index contributed by atoms with van der Waals surface area (Å²) in [7, 11) is 0. The van der Waals surface area contributed by atoms with Crippen LogP contribution < -0.4 is 16.0 Å². The Balaban J connectivity index is 1.91. The Kier molecular flexibility index (Phi) is 8.55. The van der Waals surface area contributed by atoms with Crippen molar-refractivity contribution in [1.29, 1.82) is 0 Å². The fraction of sp³-hybridized carbons (Fsp3) is 0.619. The molecule has 180 valence electrons. The molecule has 1 fully saturated rings. The lowest BCUT2D eigenvalue weighted by atomic mass is 9.86. The first-order valence-corrected chi connectivity index (χ1v) is 10.4. The molecule has 0 bridgehead atoms. The Morgan fingerprint density at radius 3 is 1.94 bits per heavy atom. The number of hydrogen-bond donors (Lipinski definition) is 3. The number of halogens is 6. The maximum atomic E-state index is 13.0. The lowest BCUT2D eigenvalue weighted by Gasteiger charge is -2.29. The fourth-order valence-electron chi connectivity index (χ4n) is 3.63. The molecule has 0 aromatic heterocycles. The summed E-state index contributed by atoms with van der Waals surface area (Å²) in [5.74, 6) is -0.811. The zero-order valence-electron chi connectivity index (χ0n) is 17.8. The molecule has 0 heterocycles. The van der Waals surface area contributed by atoms with Gasteiger partial charge in [0, 0.05) is 17.6 Å². The minimum Gasteiger partial charge on any atom is -0.353 e. The molecule has 1 saturated carbocycles. The molecule has 1 aliphatic carbocycles. The molecule has 2 amide bonds. The Labute approximate surface area is 182 Å². The number of alkyl halides is 6. The first kappa shape index (κ1) is 26.0. The van der Waals surface area contributed by atoms with Crippen molar-refractivity contribution < 1.29 is 35.9 Å². The smallest absolute Gasteiger partial charge is 0.353 e. The van der Waals surface area contributed by atoms with E-state index in [-0.39, 0.29) is 36.5 Å². The van der Waals surface area contributed by atoms with Gasteiger partial charge in [-0.15, -0.1) is 0 Å². The van der Waals surface area contributed by atoms with E-state index in [1.165, 1.54) is 0 Å². The number of rotatable bonds is 7. The Morgan fingerprint density at radius 1 is 0.938 bits per heavy atom. The summed E-state index contributed by atoms with van der Waals surface area (Å²) in [6, 6.07) is 0.570. The summed E-state index contributed by atoms with van der Waals surface area (Å²) in [5.41, 5.74) is -3.71. The van der Waals surface area contributed by atoms with E-state index >= 15 is 0 Å². The van der Waals surface area contributed by atoms with Gasteiger partial charge in [-0.1, -0.05) is 0 Å². The first-order valence-electron chi connectivity index (χ1n) is 10.4. The summed E-state index contributed by atoms with van der Waals surface area (Å²) in [6.07, 6.45) is -7.51. The van der Waals surface area contributed by atoms with E-state index < -0.39 is 35.0 Å². The van der Waals surface area contributed by atoms with E-state index in [1.807, 2.05) is 13.8 Å². The van der Waals surface area contributed by atoms with E-state index in [0.29, 0.717) is 44.4 Å². The van der Waals surface area contributed by atoms with Crippen molar-refractivity contribution >= 4 is 11.8 Å². The summed E-state index contributed by atoms with van der Waals surface area (Å²) in [4.78, 5) is 24.0. The second-order valence-corrected chi connectivity index (χ2v) is 8.34. The molecule has 1 aromatic rings. The predicted octanol–water partition coefficient (Wildman–Crippen LogP) is 4.13. The summed E-state index contributed by atoms with van der Waals surface area (Å²) < 4.78 is 77.9. The van der Waals surface area contributed by atoms with Gasteiger partial charge in [-0.2, -0.15) is 26.3 Å². The summed E-state index contributed by atoms with van der Waals surface area (Å²) in [6.45, 7) is 4.51. The molecular weight excluding hydrogens is 440 g/mol. The fourth-order valence-corrected chi connectivity index (χ4v) is 3.63. The van der Waals surface area contributed by atoms with Crippen molar-refractivity contribution in [1.82, 2.24) is 16.0 Å². The zero-order chi connectivity index (χ0) is 24.1. The maximum Gasteiger partial charge on any atom is 0.416 e. The lowest BCUT2D eigenvalue weighted by Crippen LogP contribution is -2.41. The Bertz CT molecular complexity index is 767. The third-order valence-corrected chi connectivity index (χ3v) is 5.20. The van der Waals surface area contributed by atoms with Crippen LogP contribution >= 0.6 is 0 Å². The zero-order valence-corrected chi connectivity index (χ0v) is 17.8. The van der Waals surface area contributed by atoms with Gasteiger partial charge < -0.3 is 16.0 Å². The van der Waals surface area contributed by atoms with Crippen molar-refractivity contribution in [3.8, 4) is 0 Å². The quantitative estimate of drug-likeness (QED) is 0.529. The van der Waals surface area contributed by atoms with E-state index in [1.54, 1.807) is 0 Å². The third-order valence-electron chi connectivity index (χ3n) is 5.20. The van der Waals surface area contributed by atoms with Gasteiger partial charge in [0.15, 0.2) is 0 Å². The molecule has 32 heavy (non-hydrogen) atoms. The molecule has 5 nitrogen and oxygen atoms in total. The second kappa shape index (κ2) is 10.5. The average Bonchev–Trinajstić information content (AvgIpc) is 2.67. The molecule has 0 saturated heterocycles. The minimum absolute atomic E-state index is 0.00356. The van der Waals surface area contributed by atoms with Crippen LogP contribution in [0.3, 0.4) is 0 Å². The molecule has 3 N–H and O–H groups in total. The standard InChI is InChI=1S/C21H27F6N3O2/c1-12(2)29-18(31)11-28-10-13-3-5-17(6-4-13)30-19(32)14-7-15(20(22,23)24)9-16(8-14)21(25,26)27/h7-9,12-13,17,28H,3-6,10-11H2,1-2H3,(H,29,31)(H,30,32). The third kappa shape index (κ3) is 7.99. The van der Waals surface area contributed by atoms with Gasteiger partial charge >= 0.3 is 12.4 Å². The van der Waals surface area contributed by atoms with Crippen LogP contribution in [0.2, 0.25) is 0 Å². The second-order valence-electron chi connectivity index (χ2n) is 8.34. The highest BCUT2D eigenvalue weighted by atomic mass is 19.4. The highest BCUT2D eigenvalue weighted by molar-refractivity contribution is 5.94. The van der Waals surface area contributed by atoms with Gasteiger partial charge in [0.1, 0.15) is 0 Å². The van der Waals surface area contributed by atoms with Crippen molar-refractivity contribution in [3.63, 3.8) is 0 Å². The van der Waals surface area contributed by atoms with Gasteiger partial charge in [-0.25, -0.2) is 0 Å². The van der Waals surface area contributed by atoms with E-state index in [0.717, 1.165) is 0 Å². The number of carbonyl (C=O) groups excluding carboxylic acids is 2. The van der Waals surface area contributed by atoms with Crippen LogP contribution in [0.1, 0.15) is 61.0 Å². The van der Waals surface area contributed by atoms with Crippen LogP contribution in [-0.2, 0) is 17.1 Å². The van der Waals surface area contributed by atoms with Gasteiger partial charge in [-0.05, 0) is 70.2 Å². The maximum absolute atomic E-state index is 13.0. The SMILES string of the molecule is CC(C)NC(=O)CNCC1CCC(NC(=O)c2cc(C(F)(F)F)cc(C(F)(F)F)c2)CC1. The normalized spacial score (nSPS) is 19.7. The molecule has 0 atom stereocenters. The average molecular weight is 467 g/mol. The van der Waals surface area contributed by atoms with Gasteiger partial charge in [-0.3, -0.25) is 9.59 Å². The molecular formula is C21H27F6N3O2. The minimum atomic E-state index is -5.01. The lowest BCUT2D eigenvalue weighted by molar-refractivity contribution is -0.143. The molecule has 1 aliphatic rings. The van der Waals surface area contributed by atoms with Crippen molar-refractivity contribution in [2.75, 3.05) is 13.1 Å². The van der Waals surface area contributed by atoms with Crippen molar-refractivity contribution in [2.45, 2.75) is 64.0 Å². The molecule has 11 heteroatoms. The van der Waals surface area contributed by atoms with E-state index in [9.17, 15) is 35.9 Å². The molecule has 2 rings (SSSR count). The largest absolute Gasteiger partial charge is 0.416 e. The number of hydrogen-bond acceptors (Lipinski definition) is 3. The molecule has 0 radical (unpaired) electrons. The molecule has 0 aliphatic heterocycles. The van der Waals surface area contributed by atoms with Crippen LogP contribution in [0.25, 0.3) is 0 Å². The Hall–Kier alpha value is -2.30. The number of benzene rings is 1. The predicted molar refractivity (Wildman–Crippen MR) is 106 cm³/mol. The van der Waals surface area contributed by atoms with Crippen molar-refractivity contribution in [2.24, 2.45) is 5.92 Å². The molecule has 0 spiro atoms. The van der Waals surface area contributed by atoms with Crippen LogP contribution in [0.15, 0.2) is 18.2 Å². The summed E-state index contributed by atoms with van der Waals surface area (Å²) >= 11 is 0. The molecule has 0 unspecified atom stereocenters. The first-order chi connectivity index (χ1) is 14.8. The van der Waals surface area contributed by atoms with Crippen LogP contribution in [-0.4, -0.2) is 37.0 Å².